The van der Waals surface area contributed by atoms with Gasteiger partial charge < -0.3 is 10.6 Å². The zero-order valence-electron chi connectivity index (χ0n) is 9.25. The highest BCUT2D eigenvalue weighted by molar-refractivity contribution is 9.11. The van der Waals surface area contributed by atoms with Crippen molar-refractivity contribution < 1.29 is 4.79 Å². The molecule has 0 radical (unpaired) electrons. The zero-order valence-corrected chi connectivity index (χ0v) is 12.5. The van der Waals surface area contributed by atoms with E-state index >= 15 is 0 Å². The second kappa shape index (κ2) is 8.06. The standard InChI is InChI=1S/C10H15BrN2OS.ClH/c1-7(4-12-2)10(14)13-5-8-3-9(11)15-6-8;/h3,6-7,12H,4-5H2,1-2H3,(H,13,14);1H. The van der Waals surface area contributed by atoms with E-state index in [2.05, 4.69) is 26.6 Å². The van der Waals surface area contributed by atoms with Crippen LogP contribution in [0.3, 0.4) is 0 Å². The fourth-order valence-corrected chi connectivity index (χ4v) is 2.41. The smallest absolute Gasteiger partial charge is 0.224 e. The second-order valence-electron chi connectivity index (χ2n) is 3.44. The normalized spacial score (nSPS) is 11.7. The number of hydrogen-bond acceptors (Lipinski definition) is 3. The lowest BCUT2D eigenvalue weighted by Gasteiger charge is -2.10. The van der Waals surface area contributed by atoms with Crippen LogP contribution in [0.15, 0.2) is 15.2 Å². The molecule has 16 heavy (non-hydrogen) atoms. The van der Waals surface area contributed by atoms with E-state index in [0.717, 1.165) is 9.35 Å². The molecule has 0 bridgehead atoms. The van der Waals surface area contributed by atoms with E-state index in [1.807, 2.05) is 25.4 Å². The second-order valence-corrected chi connectivity index (χ2v) is 5.73. The maximum absolute atomic E-state index is 11.6. The number of carbonyl (C=O) groups excluding carboxylic acids is 1. The molecule has 6 heteroatoms. The predicted octanol–water partition coefficient (Wildman–Crippen LogP) is 2.40. The molecule has 3 nitrogen and oxygen atoms in total. The summed E-state index contributed by atoms with van der Waals surface area (Å²) in [6.07, 6.45) is 0. The van der Waals surface area contributed by atoms with Crippen molar-refractivity contribution in [2.45, 2.75) is 13.5 Å². The van der Waals surface area contributed by atoms with E-state index < -0.39 is 0 Å². The summed E-state index contributed by atoms with van der Waals surface area (Å²) in [5.74, 6) is 0.101. The summed E-state index contributed by atoms with van der Waals surface area (Å²) in [5.41, 5.74) is 1.14. The first-order chi connectivity index (χ1) is 7.13. The Morgan fingerprint density at radius 2 is 2.31 bits per heavy atom. The van der Waals surface area contributed by atoms with E-state index in [0.29, 0.717) is 13.1 Å². The molecule has 1 unspecified atom stereocenters. The molecule has 0 aromatic carbocycles. The Morgan fingerprint density at radius 1 is 1.62 bits per heavy atom. The molecule has 0 aliphatic rings. The summed E-state index contributed by atoms with van der Waals surface area (Å²) in [5, 5.41) is 7.92. The number of thiophene rings is 1. The highest BCUT2D eigenvalue weighted by Crippen LogP contribution is 2.20. The molecule has 1 amide bonds. The van der Waals surface area contributed by atoms with E-state index in [-0.39, 0.29) is 24.2 Å². The lowest BCUT2D eigenvalue weighted by atomic mass is 10.1. The molecule has 92 valence electrons. The monoisotopic (exact) mass is 326 g/mol. The molecule has 0 aliphatic carbocycles. The third-order valence-electron chi connectivity index (χ3n) is 2.05. The van der Waals surface area contributed by atoms with Crippen molar-refractivity contribution in [2.75, 3.05) is 13.6 Å². The summed E-state index contributed by atoms with van der Waals surface area (Å²) < 4.78 is 1.09. The summed E-state index contributed by atoms with van der Waals surface area (Å²) in [7, 11) is 1.85. The van der Waals surface area contributed by atoms with Gasteiger partial charge in [-0.2, -0.15) is 0 Å². The van der Waals surface area contributed by atoms with Crippen molar-refractivity contribution in [1.29, 1.82) is 0 Å². The Labute approximate surface area is 115 Å². The SMILES string of the molecule is CNCC(C)C(=O)NCc1csc(Br)c1.Cl. The molecule has 1 heterocycles. The topological polar surface area (TPSA) is 41.1 Å². The van der Waals surface area contributed by atoms with Gasteiger partial charge in [0.2, 0.25) is 5.91 Å². The van der Waals surface area contributed by atoms with Crippen molar-refractivity contribution in [3.05, 3.63) is 20.8 Å². The molecule has 0 saturated heterocycles. The summed E-state index contributed by atoms with van der Waals surface area (Å²) in [6, 6.07) is 2.02. The van der Waals surface area contributed by atoms with Gasteiger partial charge in [-0.15, -0.1) is 23.7 Å². The molecule has 1 aromatic heterocycles. The van der Waals surface area contributed by atoms with Crippen molar-refractivity contribution >= 4 is 45.6 Å². The largest absolute Gasteiger partial charge is 0.352 e. The Hall–Kier alpha value is -0.100. The molecule has 1 atom stereocenters. The van der Waals surface area contributed by atoms with Gasteiger partial charge in [0, 0.05) is 19.0 Å². The first kappa shape index (κ1) is 15.9. The third kappa shape index (κ3) is 5.30. The van der Waals surface area contributed by atoms with Crippen LogP contribution in [0, 0.1) is 5.92 Å². The predicted molar refractivity (Wildman–Crippen MR) is 74.2 cm³/mol. The van der Waals surface area contributed by atoms with E-state index in [9.17, 15) is 4.79 Å². The van der Waals surface area contributed by atoms with Crippen molar-refractivity contribution in [3.63, 3.8) is 0 Å². The van der Waals surface area contributed by atoms with E-state index in [1.165, 1.54) is 0 Å². The average molecular weight is 328 g/mol. The van der Waals surface area contributed by atoms with Gasteiger partial charge in [0.15, 0.2) is 0 Å². The number of nitrogens with one attached hydrogen (secondary N) is 2. The van der Waals surface area contributed by atoms with Crippen molar-refractivity contribution in [1.82, 2.24) is 10.6 Å². The molecule has 0 saturated carbocycles. The van der Waals surface area contributed by atoms with Gasteiger partial charge in [-0.25, -0.2) is 0 Å². The van der Waals surface area contributed by atoms with Crippen molar-refractivity contribution in [3.8, 4) is 0 Å². The number of halogens is 2. The van der Waals surface area contributed by atoms with Gasteiger partial charge in [0.25, 0.3) is 0 Å². The molecule has 1 aromatic rings. The Kier molecular flexibility index (Phi) is 8.01. The Bertz CT molecular complexity index is 332. The summed E-state index contributed by atoms with van der Waals surface area (Å²) in [6.45, 7) is 3.23. The van der Waals surface area contributed by atoms with Crippen LogP contribution >= 0.6 is 39.7 Å². The Morgan fingerprint density at radius 3 is 2.81 bits per heavy atom. The third-order valence-corrected chi connectivity index (χ3v) is 3.60. The molecular weight excluding hydrogens is 312 g/mol. The van der Waals surface area contributed by atoms with Gasteiger partial charge in [-0.1, -0.05) is 6.92 Å². The summed E-state index contributed by atoms with van der Waals surface area (Å²) >= 11 is 5.02. The van der Waals surface area contributed by atoms with Crippen molar-refractivity contribution in [2.24, 2.45) is 5.92 Å². The van der Waals surface area contributed by atoms with Crippen LogP contribution in [0.25, 0.3) is 0 Å². The maximum atomic E-state index is 11.6. The first-order valence-electron chi connectivity index (χ1n) is 4.78. The van der Waals surface area contributed by atoms with E-state index in [4.69, 9.17) is 0 Å². The minimum absolute atomic E-state index is 0. The van der Waals surface area contributed by atoms with Gasteiger partial charge in [-0.05, 0) is 40.0 Å². The van der Waals surface area contributed by atoms with Crippen LogP contribution in [-0.2, 0) is 11.3 Å². The van der Waals surface area contributed by atoms with E-state index in [1.54, 1.807) is 11.3 Å². The molecule has 0 spiro atoms. The van der Waals surface area contributed by atoms with Crippen LogP contribution in [0.2, 0.25) is 0 Å². The lowest BCUT2D eigenvalue weighted by Crippen LogP contribution is -2.33. The highest BCUT2D eigenvalue weighted by Gasteiger charge is 2.11. The van der Waals surface area contributed by atoms with Crippen LogP contribution in [0.1, 0.15) is 12.5 Å². The number of amides is 1. The molecule has 2 N–H and O–H groups in total. The Balaban J connectivity index is 0.00000225. The highest BCUT2D eigenvalue weighted by atomic mass is 79.9. The summed E-state index contributed by atoms with van der Waals surface area (Å²) in [4.78, 5) is 11.6. The van der Waals surface area contributed by atoms with Crippen LogP contribution < -0.4 is 10.6 Å². The molecular formula is C10H16BrClN2OS. The van der Waals surface area contributed by atoms with Gasteiger partial charge in [0.05, 0.1) is 3.79 Å². The van der Waals surface area contributed by atoms with Crippen LogP contribution in [0.5, 0.6) is 0 Å². The number of rotatable bonds is 5. The molecule has 0 fully saturated rings. The maximum Gasteiger partial charge on any atom is 0.224 e. The van der Waals surface area contributed by atoms with Gasteiger partial charge in [0.1, 0.15) is 0 Å². The fraction of sp³-hybridized carbons (Fsp3) is 0.500. The zero-order chi connectivity index (χ0) is 11.3. The lowest BCUT2D eigenvalue weighted by molar-refractivity contribution is -0.124. The minimum Gasteiger partial charge on any atom is -0.352 e. The van der Waals surface area contributed by atoms with Crippen LogP contribution in [0.4, 0.5) is 0 Å². The molecule has 0 aliphatic heterocycles. The average Bonchev–Trinajstić information content (AvgIpc) is 2.61. The number of carbonyl (C=O) groups is 1. The van der Waals surface area contributed by atoms with Gasteiger partial charge >= 0.3 is 0 Å². The first-order valence-corrected chi connectivity index (χ1v) is 6.46. The number of hydrogen-bond donors (Lipinski definition) is 2. The van der Waals surface area contributed by atoms with Gasteiger partial charge in [-0.3, -0.25) is 4.79 Å². The fourth-order valence-electron chi connectivity index (χ4n) is 1.20. The molecule has 1 rings (SSSR count). The minimum atomic E-state index is 0. The quantitative estimate of drug-likeness (QED) is 0.872. The van der Waals surface area contributed by atoms with Crippen LogP contribution in [-0.4, -0.2) is 19.5 Å².